The molecule has 1 heterocycles. The Morgan fingerprint density at radius 2 is 2.00 bits per heavy atom. The minimum Gasteiger partial charge on any atom is -0.411 e. The zero-order valence-electron chi connectivity index (χ0n) is 9.93. The predicted octanol–water partition coefficient (Wildman–Crippen LogP) is 4.42. The lowest BCUT2D eigenvalue weighted by Crippen LogP contribution is -1.78. The van der Waals surface area contributed by atoms with Gasteiger partial charge in [-0.05, 0) is 30.7 Å². The second kappa shape index (κ2) is 6.80. The molecule has 0 radical (unpaired) electrons. The minimum atomic E-state index is -0.275. The molecule has 1 aromatic heterocycles. The van der Waals surface area contributed by atoms with Crippen molar-refractivity contribution in [2.24, 2.45) is 0 Å². The third kappa shape index (κ3) is 3.74. The van der Waals surface area contributed by atoms with Crippen molar-refractivity contribution in [2.45, 2.75) is 25.0 Å². The summed E-state index contributed by atoms with van der Waals surface area (Å²) >= 11 is 0. The van der Waals surface area contributed by atoms with Crippen LogP contribution in [0.2, 0.25) is 0 Å². The molecule has 6 heteroatoms. The van der Waals surface area contributed by atoms with Gasteiger partial charge in [0.05, 0.1) is 0 Å². The van der Waals surface area contributed by atoms with E-state index in [0.717, 1.165) is 11.3 Å². The molecule has 18 heavy (non-hydrogen) atoms. The van der Waals surface area contributed by atoms with Crippen molar-refractivity contribution in [3.63, 3.8) is 0 Å². The summed E-state index contributed by atoms with van der Waals surface area (Å²) in [7, 11) is 3.18. The maximum absolute atomic E-state index is 12.8. The molecule has 0 aliphatic rings. The van der Waals surface area contributed by atoms with E-state index in [1.807, 2.05) is 0 Å². The maximum Gasteiger partial charge on any atom is 0.287 e. The summed E-state index contributed by atoms with van der Waals surface area (Å²) in [6.45, 7) is 2.16. The molecule has 0 bridgehead atoms. The van der Waals surface area contributed by atoms with Crippen LogP contribution in [0.5, 0.6) is 0 Å². The molecule has 0 spiro atoms. The smallest absolute Gasteiger partial charge is 0.287 e. The van der Waals surface area contributed by atoms with Gasteiger partial charge in [-0.3, -0.25) is 0 Å². The Bertz CT molecular complexity index is 487. The lowest BCUT2D eigenvalue weighted by atomic mass is 10.2. The molecule has 0 atom stereocenters. The van der Waals surface area contributed by atoms with Crippen LogP contribution in [0.3, 0.4) is 0 Å². The highest BCUT2D eigenvalue weighted by molar-refractivity contribution is 8.76. The first-order chi connectivity index (χ1) is 8.79. The Labute approximate surface area is 113 Å². The van der Waals surface area contributed by atoms with E-state index in [1.54, 1.807) is 22.9 Å². The van der Waals surface area contributed by atoms with Crippen LogP contribution in [0.25, 0.3) is 11.5 Å². The van der Waals surface area contributed by atoms with E-state index in [9.17, 15) is 4.39 Å². The van der Waals surface area contributed by atoms with Crippen molar-refractivity contribution in [1.29, 1.82) is 0 Å². The van der Waals surface area contributed by atoms with E-state index < -0.39 is 0 Å². The fourth-order valence-electron chi connectivity index (χ4n) is 1.25. The summed E-state index contributed by atoms with van der Waals surface area (Å²) in [6.07, 6.45) is 2.36. The van der Waals surface area contributed by atoms with Crippen LogP contribution in [0.15, 0.2) is 33.9 Å². The Morgan fingerprint density at radius 3 is 2.72 bits per heavy atom. The number of hydrogen-bond donors (Lipinski definition) is 0. The SMILES string of the molecule is CCCCSSc1nnc(-c2ccc(F)cc2)o1. The maximum atomic E-state index is 12.8. The van der Waals surface area contributed by atoms with Gasteiger partial charge in [0.1, 0.15) is 5.82 Å². The van der Waals surface area contributed by atoms with Gasteiger partial charge in [-0.15, -0.1) is 5.10 Å². The Morgan fingerprint density at radius 1 is 1.22 bits per heavy atom. The number of nitrogens with zero attached hydrogens (tertiary/aromatic N) is 2. The van der Waals surface area contributed by atoms with Crippen LogP contribution < -0.4 is 0 Å². The van der Waals surface area contributed by atoms with Crippen molar-refractivity contribution in [2.75, 3.05) is 5.75 Å². The van der Waals surface area contributed by atoms with Crippen LogP contribution in [-0.4, -0.2) is 16.0 Å². The zero-order valence-corrected chi connectivity index (χ0v) is 11.6. The molecular formula is C12H13FN2OS2. The van der Waals surface area contributed by atoms with Crippen LogP contribution >= 0.6 is 21.6 Å². The summed E-state index contributed by atoms with van der Waals surface area (Å²) in [5, 5.41) is 8.42. The van der Waals surface area contributed by atoms with E-state index >= 15 is 0 Å². The average Bonchev–Trinajstić information content (AvgIpc) is 2.84. The molecule has 1 aromatic carbocycles. The Balaban J connectivity index is 1.95. The topological polar surface area (TPSA) is 38.9 Å². The fourth-order valence-corrected chi connectivity index (χ4v) is 3.13. The summed E-state index contributed by atoms with van der Waals surface area (Å²) in [6, 6.07) is 6.01. The van der Waals surface area contributed by atoms with Crippen molar-refractivity contribution in [1.82, 2.24) is 10.2 Å². The minimum absolute atomic E-state index is 0.275. The highest BCUT2D eigenvalue weighted by Crippen LogP contribution is 2.32. The molecule has 0 N–H and O–H groups in total. The van der Waals surface area contributed by atoms with Gasteiger partial charge >= 0.3 is 0 Å². The van der Waals surface area contributed by atoms with Gasteiger partial charge in [-0.2, -0.15) is 0 Å². The molecular weight excluding hydrogens is 271 g/mol. The van der Waals surface area contributed by atoms with Crippen LogP contribution in [0, 0.1) is 5.82 Å². The Hall–Kier alpha value is -1.01. The van der Waals surface area contributed by atoms with Crippen molar-refractivity contribution in [3.8, 4) is 11.5 Å². The van der Waals surface area contributed by atoms with Gasteiger partial charge < -0.3 is 4.42 Å². The molecule has 2 rings (SSSR count). The van der Waals surface area contributed by atoms with Crippen molar-refractivity contribution < 1.29 is 8.81 Å². The second-order valence-electron chi connectivity index (χ2n) is 3.64. The van der Waals surface area contributed by atoms with E-state index in [-0.39, 0.29) is 5.82 Å². The second-order valence-corrected chi connectivity index (χ2v) is 6.01. The highest BCUT2D eigenvalue weighted by Gasteiger charge is 2.09. The number of halogens is 1. The van der Waals surface area contributed by atoms with Gasteiger partial charge in [-0.1, -0.05) is 29.2 Å². The fraction of sp³-hybridized carbons (Fsp3) is 0.333. The van der Waals surface area contributed by atoms with Gasteiger partial charge in [0.25, 0.3) is 5.22 Å². The average molecular weight is 284 g/mol. The molecule has 0 amide bonds. The van der Waals surface area contributed by atoms with E-state index in [4.69, 9.17) is 4.42 Å². The van der Waals surface area contributed by atoms with Crippen molar-refractivity contribution >= 4 is 21.6 Å². The summed E-state index contributed by atoms with van der Waals surface area (Å²) in [4.78, 5) is 0. The number of hydrogen-bond acceptors (Lipinski definition) is 5. The molecule has 0 unspecified atom stereocenters. The van der Waals surface area contributed by atoms with Gasteiger partial charge in [0, 0.05) is 22.1 Å². The molecule has 0 aliphatic heterocycles. The summed E-state index contributed by atoms with van der Waals surface area (Å²) < 4.78 is 18.3. The first-order valence-corrected chi connectivity index (χ1v) is 8.00. The lowest BCUT2D eigenvalue weighted by molar-refractivity contribution is 0.467. The standard InChI is InChI=1S/C12H13FN2OS2/c1-2-3-8-17-18-12-15-14-11(16-12)9-4-6-10(13)7-5-9/h4-7H,2-3,8H2,1H3. The monoisotopic (exact) mass is 284 g/mol. The molecule has 0 saturated heterocycles. The molecule has 2 aromatic rings. The molecule has 96 valence electrons. The Kier molecular flexibility index (Phi) is 5.07. The van der Waals surface area contributed by atoms with Crippen LogP contribution in [0.1, 0.15) is 19.8 Å². The number of benzene rings is 1. The highest BCUT2D eigenvalue weighted by atomic mass is 33.1. The molecule has 3 nitrogen and oxygen atoms in total. The zero-order chi connectivity index (χ0) is 12.8. The molecule has 0 saturated carbocycles. The molecule has 0 aliphatic carbocycles. The quantitative estimate of drug-likeness (QED) is 0.580. The lowest BCUT2D eigenvalue weighted by Gasteiger charge is -1.95. The number of unbranched alkanes of at least 4 members (excludes halogenated alkanes) is 1. The third-order valence-corrected chi connectivity index (χ3v) is 4.37. The largest absolute Gasteiger partial charge is 0.411 e. The van der Waals surface area contributed by atoms with E-state index in [1.165, 1.54) is 35.8 Å². The molecule has 0 fully saturated rings. The number of aromatic nitrogens is 2. The normalized spacial score (nSPS) is 10.8. The van der Waals surface area contributed by atoms with Crippen molar-refractivity contribution in [3.05, 3.63) is 30.1 Å². The first kappa shape index (κ1) is 13.4. The van der Waals surface area contributed by atoms with Gasteiger partial charge in [-0.25, -0.2) is 4.39 Å². The van der Waals surface area contributed by atoms with E-state index in [0.29, 0.717) is 11.1 Å². The summed E-state index contributed by atoms with van der Waals surface area (Å²) in [5.74, 6) is 1.21. The summed E-state index contributed by atoms with van der Waals surface area (Å²) in [5.41, 5.74) is 0.731. The van der Waals surface area contributed by atoms with Gasteiger partial charge in [0.2, 0.25) is 5.89 Å². The van der Waals surface area contributed by atoms with Crippen LogP contribution in [-0.2, 0) is 0 Å². The number of rotatable bonds is 6. The predicted molar refractivity (Wildman–Crippen MR) is 72.9 cm³/mol. The first-order valence-electron chi connectivity index (χ1n) is 5.68. The van der Waals surface area contributed by atoms with Gasteiger partial charge in [0.15, 0.2) is 0 Å². The van der Waals surface area contributed by atoms with E-state index in [2.05, 4.69) is 17.1 Å². The van der Waals surface area contributed by atoms with Crippen LogP contribution in [0.4, 0.5) is 4.39 Å². The third-order valence-electron chi connectivity index (χ3n) is 2.21.